The Hall–Kier alpha value is -1.40. The molecule has 1 aromatic carbocycles. The molecule has 0 aliphatic heterocycles. The molecule has 60 valence electrons. The van der Waals surface area contributed by atoms with Gasteiger partial charge in [-0.05, 0) is 36.5 Å². The minimum absolute atomic E-state index is 0.806. The van der Waals surface area contributed by atoms with Crippen LogP contribution in [0.5, 0.6) is 0 Å². The van der Waals surface area contributed by atoms with E-state index in [0.29, 0.717) is 0 Å². The number of carbonyl (C=O) groups excluding carboxylic acids is 1. The van der Waals surface area contributed by atoms with Gasteiger partial charge in [0.05, 0.1) is 5.69 Å². The van der Waals surface area contributed by atoms with E-state index in [2.05, 4.69) is 11.1 Å². The van der Waals surface area contributed by atoms with Crippen molar-refractivity contribution in [3.63, 3.8) is 0 Å². The van der Waals surface area contributed by atoms with Crippen molar-refractivity contribution in [1.82, 2.24) is 0 Å². The monoisotopic (exact) mass is 159 g/mol. The van der Waals surface area contributed by atoms with Gasteiger partial charge in [0.15, 0.2) is 0 Å². The lowest BCUT2D eigenvalue weighted by molar-refractivity contribution is 0.565. The molecule has 1 aliphatic rings. The zero-order valence-corrected chi connectivity index (χ0v) is 6.71. The SMILES string of the molecule is O=C=Nc1cccc2c1CCC2. The first kappa shape index (κ1) is 7.26. The number of fused-ring (bicyclic) bond motifs is 1. The zero-order chi connectivity index (χ0) is 8.39. The van der Waals surface area contributed by atoms with Crippen LogP contribution in [0.3, 0.4) is 0 Å². The highest BCUT2D eigenvalue weighted by Gasteiger charge is 2.13. The van der Waals surface area contributed by atoms with E-state index in [9.17, 15) is 4.79 Å². The molecule has 0 radical (unpaired) electrons. The zero-order valence-electron chi connectivity index (χ0n) is 6.71. The molecule has 1 aliphatic carbocycles. The van der Waals surface area contributed by atoms with Crippen molar-refractivity contribution in [1.29, 1.82) is 0 Å². The van der Waals surface area contributed by atoms with Gasteiger partial charge in [-0.2, -0.15) is 4.99 Å². The molecule has 0 unspecified atom stereocenters. The number of isocyanates is 1. The Morgan fingerprint density at radius 1 is 1.33 bits per heavy atom. The van der Waals surface area contributed by atoms with E-state index in [-0.39, 0.29) is 0 Å². The molecule has 2 nitrogen and oxygen atoms in total. The first-order valence-corrected chi connectivity index (χ1v) is 4.10. The van der Waals surface area contributed by atoms with Gasteiger partial charge in [-0.15, -0.1) is 0 Å². The Morgan fingerprint density at radius 3 is 3.08 bits per heavy atom. The molecule has 0 N–H and O–H groups in total. The quantitative estimate of drug-likeness (QED) is 0.456. The van der Waals surface area contributed by atoms with Gasteiger partial charge in [-0.25, -0.2) is 4.79 Å². The van der Waals surface area contributed by atoms with E-state index < -0.39 is 0 Å². The van der Waals surface area contributed by atoms with E-state index in [1.807, 2.05) is 12.1 Å². The maximum atomic E-state index is 10.1. The lowest BCUT2D eigenvalue weighted by Gasteiger charge is -1.99. The highest BCUT2D eigenvalue weighted by Crippen LogP contribution is 2.29. The van der Waals surface area contributed by atoms with E-state index in [1.165, 1.54) is 17.5 Å². The number of hydrogen-bond acceptors (Lipinski definition) is 2. The van der Waals surface area contributed by atoms with Gasteiger partial charge in [0, 0.05) is 0 Å². The summed E-state index contributed by atoms with van der Waals surface area (Å²) in [4.78, 5) is 13.8. The predicted octanol–water partition coefficient (Wildman–Crippen LogP) is 2.14. The molecule has 0 fully saturated rings. The van der Waals surface area contributed by atoms with Crippen molar-refractivity contribution in [2.45, 2.75) is 19.3 Å². The van der Waals surface area contributed by atoms with Crippen molar-refractivity contribution in [2.75, 3.05) is 0 Å². The third kappa shape index (κ3) is 1.06. The van der Waals surface area contributed by atoms with Crippen LogP contribution in [0.1, 0.15) is 17.5 Å². The molecule has 12 heavy (non-hydrogen) atoms. The Bertz CT molecular complexity index is 351. The van der Waals surface area contributed by atoms with Crippen LogP contribution in [0.4, 0.5) is 5.69 Å². The van der Waals surface area contributed by atoms with Gasteiger partial charge in [0.2, 0.25) is 6.08 Å². The molecule has 0 saturated heterocycles. The molecule has 0 atom stereocenters. The van der Waals surface area contributed by atoms with Crippen LogP contribution < -0.4 is 0 Å². The molecule has 2 heteroatoms. The molecule has 0 saturated carbocycles. The fraction of sp³-hybridized carbons (Fsp3) is 0.300. The number of rotatable bonds is 1. The van der Waals surface area contributed by atoms with Crippen LogP contribution in [0, 0.1) is 0 Å². The lowest BCUT2D eigenvalue weighted by atomic mass is 10.1. The lowest BCUT2D eigenvalue weighted by Crippen LogP contribution is -1.81. The number of benzene rings is 1. The van der Waals surface area contributed by atoms with E-state index >= 15 is 0 Å². The summed E-state index contributed by atoms with van der Waals surface area (Å²) in [6.45, 7) is 0. The average molecular weight is 159 g/mol. The highest BCUT2D eigenvalue weighted by atomic mass is 16.1. The summed E-state index contributed by atoms with van der Waals surface area (Å²) in [5.74, 6) is 0. The van der Waals surface area contributed by atoms with Gasteiger partial charge in [0.1, 0.15) is 0 Å². The van der Waals surface area contributed by atoms with E-state index in [0.717, 1.165) is 18.5 Å². The van der Waals surface area contributed by atoms with Crippen molar-refractivity contribution in [3.8, 4) is 0 Å². The Balaban J connectivity index is 2.56. The summed E-state index contributed by atoms with van der Waals surface area (Å²) in [6, 6.07) is 5.92. The van der Waals surface area contributed by atoms with Gasteiger partial charge >= 0.3 is 0 Å². The van der Waals surface area contributed by atoms with Crippen LogP contribution in [-0.4, -0.2) is 6.08 Å². The van der Waals surface area contributed by atoms with Crippen LogP contribution in [0.15, 0.2) is 23.2 Å². The second-order valence-electron chi connectivity index (χ2n) is 2.97. The smallest absolute Gasteiger partial charge is 0.211 e. The summed E-state index contributed by atoms with van der Waals surface area (Å²) in [5, 5.41) is 0. The third-order valence-electron chi connectivity index (χ3n) is 2.29. The Kier molecular flexibility index (Phi) is 1.77. The molecule has 0 heterocycles. The Labute approximate surface area is 70.9 Å². The molecule has 0 aromatic heterocycles. The van der Waals surface area contributed by atoms with Crippen molar-refractivity contribution in [3.05, 3.63) is 29.3 Å². The molecule has 0 bridgehead atoms. The highest BCUT2D eigenvalue weighted by molar-refractivity contribution is 5.57. The van der Waals surface area contributed by atoms with Gasteiger partial charge < -0.3 is 0 Å². The summed E-state index contributed by atoms with van der Waals surface area (Å²) in [5.41, 5.74) is 3.38. The second-order valence-corrected chi connectivity index (χ2v) is 2.97. The minimum Gasteiger partial charge on any atom is -0.211 e. The first-order chi connectivity index (χ1) is 5.92. The molecule has 2 rings (SSSR count). The second kappa shape index (κ2) is 2.92. The summed E-state index contributed by atoms with van der Waals surface area (Å²) >= 11 is 0. The Morgan fingerprint density at radius 2 is 2.25 bits per heavy atom. The normalized spacial score (nSPS) is 13.7. The van der Waals surface area contributed by atoms with Crippen LogP contribution in [0.25, 0.3) is 0 Å². The average Bonchev–Trinajstić information content (AvgIpc) is 2.53. The number of aryl methyl sites for hydroxylation is 1. The fourth-order valence-corrected chi connectivity index (χ4v) is 1.75. The number of hydrogen-bond donors (Lipinski definition) is 0. The van der Waals surface area contributed by atoms with Crippen LogP contribution in [0.2, 0.25) is 0 Å². The number of aliphatic imine (C=N–C) groups is 1. The van der Waals surface area contributed by atoms with Crippen molar-refractivity contribution in [2.24, 2.45) is 4.99 Å². The van der Waals surface area contributed by atoms with E-state index in [4.69, 9.17) is 0 Å². The van der Waals surface area contributed by atoms with Crippen LogP contribution in [-0.2, 0) is 17.6 Å². The van der Waals surface area contributed by atoms with Crippen molar-refractivity contribution < 1.29 is 4.79 Å². The van der Waals surface area contributed by atoms with Crippen LogP contribution >= 0.6 is 0 Å². The number of nitrogens with zero attached hydrogens (tertiary/aromatic N) is 1. The molecule has 0 amide bonds. The molecule has 1 aromatic rings. The van der Waals surface area contributed by atoms with Gasteiger partial charge in [0.25, 0.3) is 0 Å². The van der Waals surface area contributed by atoms with Gasteiger partial charge in [-0.1, -0.05) is 12.1 Å². The summed E-state index contributed by atoms with van der Waals surface area (Å²) in [6.07, 6.45) is 4.94. The van der Waals surface area contributed by atoms with Crippen molar-refractivity contribution >= 4 is 11.8 Å². The minimum atomic E-state index is 0.806. The summed E-state index contributed by atoms with van der Waals surface area (Å²) < 4.78 is 0. The first-order valence-electron chi connectivity index (χ1n) is 4.10. The van der Waals surface area contributed by atoms with Gasteiger partial charge in [-0.3, -0.25) is 0 Å². The third-order valence-corrected chi connectivity index (χ3v) is 2.29. The standard InChI is InChI=1S/C10H9NO/c12-7-11-10-6-2-4-8-3-1-5-9(8)10/h2,4,6H,1,3,5H2. The summed E-state index contributed by atoms with van der Waals surface area (Å²) in [7, 11) is 0. The predicted molar refractivity (Wildman–Crippen MR) is 46.2 cm³/mol. The maximum absolute atomic E-state index is 10.1. The topological polar surface area (TPSA) is 29.4 Å². The largest absolute Gasteiger partial charge is 0.240 e. The molecular formula is C10H9NO. The molecular weight excluding hydrogens is 150 g/mol. The maximum Gasteiger partial charge on any atom is 0.240 e. The fourth-order valence-electron chi connectivity index (χ4n) is 1.75. The van der Waals surface area contributed by atoms with E-state index in [1.54, 1.807) is 6.08 Å². The molecule has 0 spiro atoms.